The Morgan fingerprint density at radius 1 is 0.865 bits per heavy atom. The average molecular weight is 506 g/mol. The predicted octanol–water partition coefficient (Wildman–Crippen LogP) is 5.69. The first-order valence-electron chi connectivity index (χ1n) is 12.6. The molecule has 0 spiro atoms. The van der Waals surface area contributed by atoms with E-state index in [9.17, 15) is 9.59 Å². The largest absolute Gasteiger partial charge is 0.337 e. The van der Waals surface area contributed by atoms with Gasteiger partial charge in [0.05, 0.1) is 24.8 Å². The molecule has 0 fully saturated rings. The second kappa shape index (κ2) is 10.1. The molecule has 5 aromatic rings. The van der Waals surface area contributed by atoms with Gasteiger partial charge in [0.25, 0.3) is 5.56 Å². The van der Waals surface area contributed by atoms with E-state index in [0.29, 0.717) is 32.5 Å². The molecule has 1 aliphatic rings. The lowest BCUT2D eigenvalue weighted by molar-refractivity contribution is -0.132. The van der Waals surface area contributed by atoms with Gasteiger partial charge in [0.2, 0.25) is 5.91 Å². The van der Waals surface area contributed by atoms with Crippen LogP contribution < -0.4 is 5.56 Å². The minimum atomic E-state index is -0.00140. The first-order chi connectivity index (χ1) is 18.2. The van der Waals surface area contributed by atoms with Gasteiger partial charge in [0, 0.05) is 17.8 Å². The number of rotatable bonds is 6. The van der Waals surface area contributed by atoms with Gasteiger partial charge in [-0.15, -0.1) is 11.3 Å². The maximum atomic E-state index is 13.5. The zero-order valence-electron chi connectivity index (χ0n) is 20.5. The average Bonchev–Trinajstić information content (AvgIpc) is 3.33. The number of hydrogen-bond donors (Lipinski definition) is 0. The van der Waals surface area contributed by atoms with Gasteiger partial charge in [0.15, 0.2) is 0 Å². The van der Waals surface area contributed by atoms with E-state index in [-0.39, 0.29) is 11.5 Å². The van der Waals surface area contributed by atoms with E-state index in [1.165, 1.54) is 11.1 Å². The van der Waals surface area contributed by atoms with Crippen molar-refractivity contribution in [3.8, 4) is 11.1 Å². The molecule has 0 atom stereocenters. The van der Waals surface area contributed by atoms with E-state index < -0.39 is 0 Å². The summed E-state index contributed by atoms with van der Waals surface area (Å²) in [5.74, 6) is 0.163. The molecule has 37 heavy (non-hydrogen) atoms. The molecule has 0 saturated carbocycles. The number of hydrogen-bond acceptors (Lipinski definition) is 4. The third kappa shape index (κ3) is 4.85. The lowest BCUT2D eigenvalue weighted by Crippen LogP contribution is -2.35. The highest BCUT2D eigenvalue weighted by atomic mass is 32.1. The Bertz CT molecular complexity index is 1610. The summed E-state index contributed by atoms with van der Waals surface area (Å²) in [7, 11) is 0. The van der Waals surface area contributed by atoms with E-state index >= 15 is 0 Å². The van der Waals surface area contributed by atoms with Crippen molar-refractivity contribution in [2.75, 3.05) is 6.54 Å². The maximum Gasteiger partial charge on any atom is 0.262 e. The molecule has 6 heteroatoms. The summed E-state index contributed by atoms with van der Waals surface area (Å²) in [6.07, 6.45) is 3.59. The summed E-state index contributed by atoms with van der Waals surface area (Å²) in [5, 5.41) is 0.722. The van der Waals surface area contributed by atoms with Crippen LogP contribution >= 0.6 is 11.3 Å². The Balaban J connectivity index is 1.18. The van der Waals surface area contributed by atoms with Crippen molar-refractivity contribution in [2.24, 2.45) is 0 Å². The van der Waals surface area contributed by atoms with Crippen molar-refractivity contribution >= 4 is 27.5 Å². The van der Waals surface area contributed by atoms with E-state index in [4.69, 9.17) is 0 Å². The van der Waals surface area contributed by atoms with E-state index in [2.05, 4.69) is 53.5 Å². The maximum absolute atomic E-state index is 13.5. The van der Waals surface area contributed by atoms with Crippen LogP contribution in [0.1, 0.15) is 28.0 Å². The van der Waals surface area contributed by atoms with Crippen molar-refractivity contribution in [3.05, 3.63) is 123 Å². The second-order valence-corrected chi connectivity index (χ2v) is 10.6. The number of thiophene rings is 1. The SMILES string of the molecule is O=C(CCc1ccccc1)N1CCc2c(sc3ncn(Cc4ccc(-c5ccccc5)cc4)c(=O)c23)C1. The molecule has 0 N–H and O–H groups in total. The van der Waals surface area contributed by atoms with Gasteiger partial charge < -0.3 is 4.90 Å². The lowest BCUT2D eigenvalue weighted by atomic mass is 10.0. The van der Waals surface area contributed by atoms with Crippen LogP contribution in [0.3, 0.4) is 0 Å². The summed E-state index contributed by atoms with van der Waals surface area (Å²) >= 11 is 1.55. The van der Waals surface area contributed by atoms with Crippen LogP contribution in [0.25, 0.3) is 21.3 Å². The molecule has 2 aromatic heterocycles. The summed E-state index contributed by atoms with van der Waals surface area (Å²) < 4.78 is 1.70. The Morgan fingerprint density at radius 3 is 2.32 bits per heavy atom. The molecule has 0 aliphatic carbocycles. The van der Waals surface area contributed by atoms with Crippen LogP contribution in [0, 0.1) is 0 Å². The smallest absolute Gasteiger partial charge is 0.262 e. The van der Waals surface area contributed by atoms with E-state index in [0.717, 1.165) is 38.2 Å². The zero-order chi connectivity index (χ0) is 25.2. The van der Waals surface area contributed by atoms with Gasteiger partial charge in [-0.1, -0.05) is 84.9 Å². The standard InChI is InChI=1S/C31H27N3O2S/c35-28(16-13-22-7-3-1-4-8-22)33-18-17-26-27(20-33)37-30-29(26)31(36)34(21-32-30)19-23-11-14-25(15-12-23)24-9-5-2-6-10-24/h1-12,14-15,21H,13,16-20H2. The van der Waals surface area contributed by atoms with Crippen LogP contribution in [-0.4, -0.2) is 26.9 Å². The number of benzene rings is 3. The molecule has 3 aromatic carbocycles. The lowest BCUT2D eigenvalue weighted by Gasteiger charge is -2.27. The monoisotopic (exact) mass is 505 g/mol. The van der Waals surface area contributed by atoms with E-state index in [1.807, 2.05) is 41.3 Å². The van der Waals surface area contributed by atoms with Gasteiger partial charge in [-0.05, 0) is 40.7 Å². The molecule has 0 bridgehead atoms. The van der Waals surface area contributed by atoms with Crippen molar-refractivity contribution in [1.29, 1.82) is 0 Å². The van der Waals surface area contributed by atoms with Gasteiger partial charge in [-0.3, -0.25) is 14.2 Å². The van der Waals surface area contributed by atoms with Gasteiger partial charge in [0.1, 0.15) is 4.83 Å². The Hall–Kier alpha value is -4.03. The molecule has 5 nitrogen and oxygen atoms in total. The summed E-state index contributed by atoms with van der Waals surface area (Å²) in [6, 6.07) is 28.7. The van der Waals surface area contributed by atoms with Gasteiger partial charge >= 0.3 is 0 Å². The van der Waals surface area contributed by atoms with Crippen molar-refractivity contribution in [1.82, 2.24) is 14.5 Å². The molecular weight excluding hydrogens is 478 g/mol. The third-order valence-electron chi connectivity index (χ3n) is 7.06. The summed E-state index contributed by atoms with van der Waals surface area (Å²) in [5.41, 5.74) is 5.63. The highest BCUT2D eigenvalue weighted by Gasteiger charge is 2.26. The molecule has 0 saturated heterocycles. The molecule has 1 aliphatic heterocycles. The topological polar surface area (TPSA) is 55.2 Å². The number of fused-ring (bicyclic) bond motifs is 3. The number of carbonyl (C=O) groups excluding carboxylic acids is 1. The number of aromatic nitrogens is 2. The van der Waals surface area contributed by atoms with Crippen LogP contribution in [0.2, 0.25) is 0 Å². The normalized spacial score (nSPS) is 13.0. The van der Waals surface area contributed by atoms with Crippen LogP contribution in [0.5, 0.6) is 0 Å². The first kappa shape index (κ1) is 23.4. The predicted molar refractivity (Wildman–Crippen MR) is 149 cm³/mol. The number of carbonyl (C=O) groups is 1. The van der Waals surface area contributed by atoms with Crippen LogP contribution in [0.4, 0.5) is 0 Å². The summed E-state index contributed by atoms with van der Waals surface area (Å²) in [6.45, 7) is 1.68. The highest BCUT2D eigenvalue weighted by molar-refractivity contribution is 7.18. The van der Waals surface area contributed by atoms with E-state index in [1.54, 1.807) is 22.2 Å². The molecule has 1 amide bonds. The second-order valence-electron chi connectivity index (χ2n) is 9.48. The van der Waals surface area contributed by atoms with Crippen molar-refractivity contribution in [3.63, 3.8) is 0 Å². The minimum absolute atomic E-state index is 0.00140. The Labute approximate surface area is 219 Å². The fourth-order valence-corrected chi connectivity index (χ4v) is 6.22. The zero-order valence-corrected chi connectivity index (χ0v) is 21.3. The molecule has 0 unspecified atom stereocenters. The minimum Gasteiger partial charge on any atom is -0.337 e. The van der Waals surface area contributed by atoms with Gasteiger partial charge in [-0.25, -0.2) is 4.98 Å². The van der Waals surface area contributed by atoms with Gasteiger partial charge in [-0.2, -0.15) is 0 Å². The quantitative estimate of drug-likeness (QED) is 0.298. The third-order valence-corrected chi connectivity index (χ3v) is 8.19. The molecule has 6 rings (SSSR count). The Kier molecular flexibility index (Phi) is 6.41. The van der Waals surface area contributed by atoms with Crippen molar-refractivity contribution in [2.45, 2.75) is 32.4 Å². The van der Waals surface area contributed by atoms with Crippen LogP contribution in [-0.2, 0) is 30.7 Å². The fourth-order valence-electron chi connectivity index (χ4n) is 5.03. The number of aryl methyl sites for hydroxylation is 1. The molecule has 3 heterocycles. The number of amides is 1. The molecule has 184 valence electrons. The molecular formula is C31H27N3O2S. The first-order valence-corrected chi connectivity index (χ1v) is 13.4. The highest BCUT2D eigenvalue weighted by Crippen LogP contribution is 2.32. The molecule has 0 radical (unpaired) electrons. The fraction of sp³-hybridized carbons (Fsp3) is 0.194. The summed E-state index contributed by atoms with van der Waals surface area (Å²) in [4.78, 5) is 34.8. The number of nitrogens with zero attached hydrogens (tertiary/aromatic N) is 3. The van der Waals surface area contributed by atoms with Crippen molar-refractivity contribution < 1.29 is 4.79 Å². The Morgan fingerprint density at radius 2 is 1.57 bits per heavy atom. The van der Waals surface area contributed by atoms with Crippen LogP contribution in [0.15, 0.2) is 96.1 Å².